The van der Waals surface area contributed by atoms with Gasteiger partial charge >= 0.3 is 5.97 Å². The zero-order chi connectivity index (χ0) is 14.5. The SMILES string of the molecule is O=C(C=Cc1cccc(Cl)c1C(=O)O)c1ccccc1. The molecule has 0 aliphatic carbocycles. The lowest BCUT2D eigenvalue weighted by molar-refractivity contribution is 0.0696. The number of halogens is 1. The van der Waals surface area contributed by atoms with Gasteiger partial charge in [-0.15, -0.1) is 0 Å². The summed E-state index contributed by atoms with van der Waals surface area (Å²) in [6.07, 6.45) is 2.80. The van der Waals surface area contributed by atoms with Gasteiger partial charge in [-0.2, -0.15) is 0 Å². The van der Waals surface area contributed by atoms with E-state index in [9.17, 15) is 9.59 Å². The van der Waals surface area contributed by atoms with E-state index in [0.29, 0.717) is 11.1 Å². The van der Waals surface area contributed by atoms with Gasteiger partial charge < -0.3 is 5.11 Å². The van der Waals surface area contributed by atoms with E-state index in [1.54, 1.807) is 36.4 Å². The fourth-order valence-corrected chi connectivity index (χ4v) is 2.03. The molecule has 20 heavy (non-hydrogen) atoms. The van der Waals surface area contributed by atoms with Crippen LogP contribution in [-0.4, -0.2) is 16.9 Å². The number of aromatic carboxylic acids is 1. The van der Waals surface area contributed by atoms with E-state index < -0.39 is 5.97 Å². The second kappa shape index (κ2) is 6.17. The summed E-state index contributed by atoms with van der Waals surface area (Å²) in [5, 5.41) is 9.27. The zero-order valence-electron chi connectivity index (χ0n) is 10.4. The van der Waals surface area contributed by atoms with Gasteiger partial charge in [0, 0.05) is 5.56 Å². The molecule has 0 saturated carbocycles. The minimum Gasteiger partial charge on any atom is -0.478 e. The van der Waals surface area contributed by atoms with Crippen LogP contribution in [0, 0.1) is 0 Å². The number of allylic oxidation sites excluding steroid dienone is 1. The van der Waals surface area contributed by atoms with Crippen LogP contribution in [0.15, 0.2) is 54.6 Å². The molecule has 0 aliphatic heterocycles. The molecule has 100 valence electrons. The molecule has 0 amide bonds. The van der Waals surface area contributed by atoms with Crippen LogP contribution in [0.3, 0.4) is 0 Å². The molecule has 2 rings (SSSR count). The van der Waals surface area contributed by atoms with E-state index in [4.69, 9.17) is 16.7 Å². The van der Waals surface area contributed by atoms with Crippen molar-refractivity contribution >= 4 is 29.4 Å². The Bertz CT molecular complexity index is 675. The minimum absolute atomic E-state index is 0.00808. The first-order valence-electron chi connectivity index (χ1n) is 5.89. The quantitative estimate of drug-likeness (QED) is 0.684. The van der Waals surface area contributed by atoms with Crippen molar-refractivity contribution in [1.82, 2.24) is 0 Å². The van der Waals surface area contributed by atoms with Crippen LogP contribution in [0.4, 0.5) is 0 Å². The highest BCUT2D eigenvalue weighted by molar-refractivity contribution is 6.34. The molecule has 3 nitrogen and oxygen atoms in total. The van der Waals surface area contributed by atoms with E-state index in [-0.39, 0.29) is 16.4 Å². The molecule has 2 aromatic carbocycles. The van der Waals surface area contributed by atoms with Crippen LogP contribution < -0.4 is 0 Å². The lowest BCUT2D eigenvalue weighted by Gasteiger charge is -2.03. The van der Waals surface area contributed by atoms with Crippen LogP contribution in [0.2, 0.25) is 5.02 Å². The van der Waals surface area contributed by atoms with E-state index >= 15 is 0 Å². The minimum atomic E-state index is -1.12. The summed E-state index contributed by atoms with van der Waals surface area (Å²) in [4.78, 5) is 23.1. The first kappa shape index (κ1) is 14.0. The van der Waals surface area contributed by atoms with Crippen molar-refractivity contribution < 1.29 is 14.7 Å². The summed E-state index contributed by atoms with van der Waals surface area (Å²) in [5.74, 6) is -1.32. The molecule has 0 saturated heterocycles. The molecule has 0 heterocycles. The van der Waals surface area contributed by atoms with E-state index in [1.165, 1.54) is 18.2 Å². The second-order valence-corrected chi connectivity index (χ2v) is 4.48. The van der Waals surface area contributed by atoms with E-state index in [1.807, 2.05) is 6.07 Å². The number of carbonyl (C=O) groups is 2. The number of benzene rings is 2. The number of hydrogen-bond acceptors (Lipinski definition) is 2. The first-order chi connectivity index (χ1) is 9.59. The number of carboxylic acids is 1. The third-order valence-corrected chi connectivity index (χ3v) is 3.05. The fraction of sp³-hybridized carbons (Fsp3) is 0. The third-order valence-electron chi connectivity index (χ3n) is 2.73. The molecule has 0 radical (unpaired) electrons. The zero-order valence-corrected chi connectivity index (χ0v) is 11.2. The molecule has 0 spiro atoms. The van der Waals surface area contributed by atoms with Gasteiger partial charge in [0.25, 0.3) is 0 Å². The van der Waals surface area contributed by atoms with Gasteiger partial charge in [-0.25, -0.2) is 4.79 Å². The number of rotatable bonds is 4. The Balaban J connectivity index is 2.31. The number of ketones is 1. The Morgan fingerprint density at radius 2 is 1.70 bits per heavy atom. The summed E-state index contributed by atoms with van der Waals surface area (Å²) in [6, 6.07) is 13.5. The molecular formula is C16H11ClO3. The molecule has 0 aromatic heterocycles. The molecule has 2 aromatic rings. The van der Waals surface area contributed by atoms with E-state index in [0.717, 1.165) is 0 Å². The molecule has 0 aliphatic rings. The van der Waals surface area contributed by atoms with Crippen LogP contribution in [-0.2, 0) is 0 Å². The summed E-state index contributed by atoms with van der Waals surface area (Å²) in [7, 11) is 0. The Kier molecular flexibility index (Phi) is 4.33. The van der Waals surface area contributed by atoms with Crippen molar-refractivity contribution in [1.29, 1.82) is 0 Å². The normalized spacial score (nSPS) is 10.7. The first-order valence-corrected chi connectivity index (χ1v) is 6.26. The van der Waals surface area contributed by atoms with Crippen molar-refractivity contribution in [2.24, 2.45) is 0 Å². The Morgan fingerprint density at radius 1 is 1.00 bits per heavy atom. The number of hydrogen-bond donors (Lipinski definition) is 1. The number of carbonyl (C=O) groups excluding carboxylic acids is 1. The standard InChI is InChI=1S/C16H11ClO3/c17-13-8-4-7-12(15(13)16(19)20)9-10-14(18)11-5-2-1-3-6-11/h1-10H,(H,19,20). The summed E-state index contributed by atoms with van der Waals surface area (Å²) in [5.41, 5.74) is 0.934. The fourth-order valence-electron chi connectivity index (χ4n) is 1.77. The lowest BCUT2D eigenvalue weighted by Crippen LogP contribution is -2.01. The van der Waals surface area contributed by atoms with Crippen LogP contribution in [0.5, 0.6) is 0 Å². The van der Waals surface area contributed by atoms with Crippen molar-refractivity contribution in [2.45, 2.75) is 0 Å². The second-order valence-electron chi connectivity index (χ2n) is 4.07. The van der Waals surface area contributed by atoms with Gasteiger partial charge in [-0.05, 0) is 17.7 Å². The summed E-state index contributed by atoms with van der Waals surface area (Å²) >= 11 is 5.86. The Hall–Kier alpha value is -2.39. The highest BCUT2D eigenvalue weighted by Crippen LogP contribution is 2.21. The van der Waals surface area contributed by atoms with Gasteiger partial charge in [0.05, 0.1) is 10.6 Å². The highest BCUT2D eigenvalue weighted by Gasteiger charge is 2.12. The average molecular weight is 287 g/mol. The third kappa shape index (κ3) is 3.13. The maximum absolute atomic E-state index is 11.9. The van der Waals surface area contributed by atoms with Crippen molar-refractivity contribution in [3.8, 4) is 0 Å². The predicted molar refractivity (Wildman–Crippen MR) is 78.2 cm³/mol. The van der Waals surface area contributed by atoms with Gasteiger partial charge in [-0.1, -0.05) is 60.1 Å². The van der Waals surface area contributed by atoms with Crippen LogP contribution in [0.25, 0.3) is 6.08 Å². The van der Waals surface area contributed by atoms with Crippen molar-refractivity contribution in [2.75, 3.05) is 0 Å². The van der Waals surface area contributed by atoms with Gasteiger partial charge in [0.1, 0.15) is 0 Å². The van der Waals surface area contributed by atoms with Crippen molar-refractivity contribution in [3.63, 3.8) is 0 Å². The molecule has 0 unspecified atom stereocenters. The topological polar surface area (TPSA) is 54.4 Å². The average Bonchev–Trinajstić information content (AvgIpc) is 2.45. The van der Waals surface area contributed by atoms with Gasteiger partial charge in [0.15, 0.2) is 5.78 Å². The molecule has 0 bridgehead atoms. The Labute approximate surface area is 121 Å². The lowest BCUT2D eigenvalue weighted by atomic mass is 10.1. The largest absolute Gasteiger partial charge is 0.478 e. The smallest absolute Gasteiger partial charge is 0.337 e. The van der Waals surface area contributed by atoms with E-state index in [2.05, 4.69) is 0 Å². The van der Waals surface area contributed by atoms with Crippen LogP contribution >= 0.6 is 11.6 Å². The summed E-state index contributed by atoms with van der Waals surface area (Å²) < 4.78 is 0. The van der Waals surface area contributed by atoms with Crippen molar-refractivity contribution in [3.05, 3.63) is 76.3 Å². The highest BCUT2D eigenvalue weighted by atomic mass is 35.5. The van der Waals surface area contributed by atoms with Crippen LogP contribution in [0.1, 0.15) is 26.3 Å². The summed E-state index contributed by atoms with van der Waals surface area (Å²) in [6.45, 7) is 0. The van der Waals surface area contributed by atoms with Gasteiger partial charge in [0.2, 0.25) is 0 Å². The monoisotopic (exact) mass is 286 g/mol. The maximum atomic E-state index is 11.9. The predicted octanol–water partition coefficient (Wildman–Crippen LogP) is 3.93. The molecule has 0 atom stereocenters. The molecule has 1 N–H and O–H groups in total. The molecule has 4 heteroatoms. The molecular weight excluding hydrogens is 276 g/mol. The van der Waals surface area contributed by atoms with Gasteiger partial charge in [-0.3, -0.25) is 4.79 Å². The maximum Gasteiger partial charge on any atom is 0.337 e. The number of carboxylic acid groups (broad SMARTS) is 1. The molecule has 0 fully saturated rings. The Morgan fingerprint density at radius 3 is 2.35 bits per heavy atom.